The van der Waals surface area contributed by atoms with Gasteiger partial charge in [-0.3, -0.25) is 9.79 Å². The second-order valence-corrected chi connectivity index (χ2v) is 7.10. The molecule has 0 spiro atoms. The van der Waals surface area contributed by atoms with Crippen LogP contribution < -0.4 is 15.4 Å². The number of carbonyl (C=O) groups is 1. The summed E-state index contributed by atoms with van der Waals surface area (Å²) in [4.78, 5) is 18.7. The Morgan fingerprint density at radius 1 is 1.23 bits per heavy atom. The minimum atomic E-state index is -0.302. The van der Waals surface area contributed by atoms with Crippen LogP contribution in [0.3, 0.4) is 0 Å². The topological polar surface area (TPSA) is 66.0 Å². The van der Waals surface area contributed by atoms with Crippen molar-refractivity contribution in [2.45, 2.75) is 32.1 Å². The zero-order valence-electron chi connectivity index (χ0n) is 16.5. The van der Waals surface area contributed by atoms with Gasteiger partial charge in [0, 0.05) is 34.2 Å². The molecule has 2 N–H and O–H groups in total. The minimum Gasteiger partial charge on any atom is -0.496 e. The molecule has 0 saturated heterocycles. The summed E-state index contributed by atoms with van der Waals surface area (Å²) in [7, 11) is 7.12. The number of nitrogens with one attached hydrogen (secondary N) is 2. The van der Waals surface area contributed by atoms with E-state index in [1.807, 2.05) is 32.3 Å². The van der Waals surface area contributed by atoms with Crippen molar-refractivity contribution in [2.75, 3.05) is 41.3 Å². The van der Waals surface area contributed by atoms with Crippen LogP contribution in [0, 0.1) is 5.41 Å². The standard InChI is InChI=1S/C20H32N4O2/c1-21-19(22-14-11-16-9-5-6-10-17(16)26-4)23-15-20(12-7-8-13-20)18(25)24(2)3/h5-6,9-10H,7-8,11-15H2,1-4H3,(H2,21,22,23). The molecule has 1 aromatic carbocycles. The van der Waals surface area contributed by atoms with E-state index >= 15 is 0 Å². The molecule has 1 aliphatic rings. The number of methoxy groups -OCH3 is 1. The minimum absolute atomic E-state index is 0.215. The Hall–Kier alpha value is -2.24. The Morgan fingerprint density at radius 2 is 1.92 bits per heavy atom. The van der Waals surface area contributed by atoms with Crippen molar-refractivity contribution in [3.05, 3.63) is 29.8 Å². The lowest BCUT2D eigenvalue weighted by Gasteiger charge is -2.31. The van der Waals surface area contributed by atoms with Crippen LogP contribution in [0.25, 0.3) is 0 Å². The molecule has 0 unspecified atom stereocenters. The van der Waals surface area contributed by atoms with E-state index in [1.54, 1.807) is 19.1 Å². The van der Waals surface area contributed by atoms with Crippen LogP contribution in [0.5, 0.6) is 5.75 Å². The Morgan fingerprint density at radius 3 is 2.54 bits per heavy atom. The second kappa shape index (κ2) is 9.46. The highest BCUT2D eigenvalue weighted by Gasteiger charge is 2.42. The first-order valence-electron chi connectivity index (χ1n) is 9.30. The van der Waals surface area contributed by atoms with Gasteiger partial charge in [-0.25, -0.2) is 0 Å². The zero-order valence-corrected chi connectivity index (χ0v) is 16.5. The summed E-state index contributed by atoms with van der Waals surface area (Å²) in [6.45, 7) is 1.37. The van der Waals surface area contributed by atoms with Crippen LogP contribution in [-0.2, 0) is 11.2 Å². The van der Waals surface area contributed by atoms with Gasteiger partial charge in [-0.2, -0.15) is 0 Å². The highest BCUT2D eigenvalue weighted by atomic mass is 16.5. The van der Waals surface area contributed by atoms with Gasteiger partial charge in [-0.1, -0.05) is 31.0 Å². The fraction of sp³-hybridized carbons (Fsp3) is 0.600. The van der Waals surface area contributed by atoms with Crippen LogP contribution >= 0.6 is 0 Å². The van der Waals surface area contributed by atoms with Crippen molar-refractivity contribution in [3.63, 3.8) is 0 Å². The maximum absolute atomic E-state index is 12.6. The van der Waals surface area contributed by atoms with E-state index in [2.05, 4.69) is 21.7 Å². The van der Waals surface area contributed by atoms with Gasteiger partial charge in [-0.05, 0) is 30.9 Å². The second-order valence-electron chi connectivity index (χ2n) is 7.10. The quantitative estimate of drug-likeness (QED) is 0.577. The predicted molar refractivity (Wildman–Crippen MR) is 106 cm³/mol. The Kier molecular flexibility index (Phi) is 7.30. The average molecular weight is 361 g/mol. The molecule has 6 nitrogen and oxygen atoms in total. The lowest BCUT2D eigenvalue weighted by molar-refractivity contribution is -0.138. The predicted octanol–water partition coefficient (Wildman–Crippen LogP) is 2.05. The van der Waals surface area contributed by atoms with Gasteiger partial charge in [0.25, 0.3) is 0 Å². The summed E-state index contributed by atoms with van der Waals surface area (Å²) in [5.41, 5.74) is 0.858. The molecule has 0 atom stereocenters. The van der Waals surface area contributed by atoms with Crippen LogP contribution in [0.2, 0.25) is 0 Å². The zero-order chi connectivity index (χ0) is 19.0. The summed E-state index contributed by atoms with van der Waals surface area (Å²) in [5, 5.41) is 6.70. The number of guanidine groups is 1. The van der Waals surface area contributed by atoms with Crippen molar-refractivity contribution in [3.8, 4) is 5.75 Å². The molecule has 0 bridgehead atoms. The fourth-order valence-corrected chi connectivity index (χ4v) is 3.69. The third-order valence-electron chi connectivity index (χ3n) is 5.12. The van der Waals surface area contributed by atoms with Gasteiger partial charge in [-0.15, -0.1) is 0 Å². The fourth-order valence-electron chi connectivity index (χ4n) is 3.69. The molecule has 1 fully saturated rings. The summed E-state index contributed by atoms with van der Waals surface area (Å²) in [6.07, 6.45) is 4.94. The van der Waals surface area contributed by atoms with Gasteiger partial charge in [0.15, 0.2) is 5.96 Å². The molecule has 0 heterocycles. The average Bonchev–Trinajstić information content (AvgIpc) is 3.14. The van der Waals surface area contributed by atoms with Crippen molar-refractivity contribution >= 4 is 11.9 Å². The van der Waals surface area contributed by atoms with Crippen molar-refractivity contribution in [1.82, 2.24) is 15.5 Å². The van der Waals surface area contributed by atoms with Crippen LogP contribution in [0.4, 0.5) is 0 Å². The number of aliphatic imine (C=N–C) groups is 1. The number of ether oxygens (including phenoxy) is 1. The maximum Gasteiger partial charge on any atom is 0.230 e. The normalized spacial score (nSPS) is 16.2. The molecule has 1 aromatic rings. The Balaban J connectivity index is 1.88. The summed E-state index contributed by atoms with van der Waals surface area (Å²) >= 11 is 0. The summed E-state index contributed by atoms with van der Waals surface area (Å²) < 4.78 is 5.39. The molecule has 1 saturated carbocycles. The number of rotatable bonds is 7. The first-order chi connectivity index (χ1) is 12.5. The van der Waals surface area contributed by atoms with E-state index < -0.39 is 0 Å². The van der Waals surface area contributed by atoms with Gasteiger partial charge >= 0.3 is 0 Å². The third-order valence-corrected chi connectivity index (χ3v) is 5.12. The Bertz CT molecular complexity index is 622. The molecule has 0 aliphatic heterocycles. The molecule has 1 aliphatic carbocycles. The highest BCUT2D eigenvalue weighted by Crippen LogP contribution is 2.38. The molecular formula is C20H32N4O2. The molecule has 144 valence electrons. The maximum atomic E-state index is 12.6. The van der Waals surface area contributed by atoms with E-state index in [1.165, 1.54) is 0 Å². The van der Waals surface area contributed by atoms with Crippen LogP contribution in [-0.4, -0.2) is 58.1 Å². The SMILES string of the molecule is CN=C(NCCc1ccccc1OC)NCC1(C(=O)N(C)C)CCCC1. The van der Waals surface area contributed by atoms with E-state index in [9.17, 15) is 4.79 Å². The summed E-state index contributed by atoms with van der Waals surface area (Å²) in [5.74, 6) is 1.85. The van der Waals surface area contributed by atoms with Gasteiger partial charge in [0.05, 0.1) is 12.5 Å². The largest absolute Gasteiger partial charge is 0.496 e. The van der Waals surface area contributed by atoms with E-state index in [-0.39, 0.29) is 11.3 Å². The molecule has 0 aromatic heterocycles. The first-order valence-corrected chi connectivity index (χ1v) is 9.30. The molecule has 2 rings (SSSR count). The number of amides is 1. The number of carbonyl (C=O) groups excluding carboxylic acids is 1. The molecule has 0 radical (unpaired) electrons. The monoisotopic (exact) mass is 360 g/mol. The van der Waals surface area contributed by atoms with E-state index in [4.69, 9.17) is 4.74 Å². The van der Waals surface area contributed by atoms with E-state index in [0.717, 1.165) is 55.9 Å². The number of hydrogen-bond donors (Lipinski definition) is 2. The van der Waals surface area contributed by atoms with Crippen molar-refractivity contribution in [2.24, 2.45) is 10.4 Å². The van der Waals surface area contributed by atoms with E-state index in [0.29, 0.717) is 6.54 Å². The third kappa shape index (κ3) is 4.90. The number of hydrogen-bond acceptors (Lipinski definition) is 3. The molecule has 1 amide bonds. The smallest absolute Gasteiger partial charge is 0.230 e. The van der Waals surface area contributed by atoms with Gasteiger partial charge in [0.2, 0.25) is 5.91 Å². The summed E-state index contributed by atoms with van der Waals surface area (Å²) in [6, 6.07) is 8.03. The number of nitrogens with zero attached hydrogens (tertiary/aromatic N) is 2. The lowest BCUT2D eigenvalue weighted by Crippen LogP contribution is -2.49. The highest BCUT2D eigenvalue weighted by molar-refractivity contribution is 5.85. The first kappa shape index (κ1) is 20.1. The molecule has 6 heteroatoms. The van der Waals surface area contributed by atoms with Crippen molar-refractivity contribution in [1.29, 1.82) is 0 Å². The molecular weight excluding hydrogens is 328 g/mol. The lowest BCUT2D eigenvalue weighted by atomic mass is 9.84. The van der Waals surface area contributed by atoms with Crippen LogP contribution in [0.15, 0.2) is 29.3 Å². The molecule has 26 heavy (non-hydrogen) atoms. The number of benzene rings is 1. The Labute approximate surface area is 157 Å². The number of para-hydroxylation sites is 1. The van der Waals surface area contributed by atoms with Crippen LogP contribution in [0.1, 0.15) is 31.2 Å². The van der Waals surface area contributed by atoms with Gasteiger partial charge in [0.1, 0.15) is 5.75 Å². The van der Waals surface area contributed by atoms with Crippen molar-refractivity contribution < 1.29 is 9.53 Å². The van der Waals surface area contributed by atoms with Gasteiger partial charge < -0.3 is 20.3 Å².